The average Bonchev–Trinajstić information content (AvgIpc) is 3.11. The van der Waals surface area contributed by atoms with Crippen LogP contribution in [0, 0.1) is 0 Å². The standard InChI is InChI=1S/C20H26N6O2S.HI/c1-3-21-20(22-13-11-16-7-9-17(10-8-16)29(2,27)28)23-14-12-19-25-24-18-6-4-5-15-26(18)19;/h4-10,15H,3,11-14H2,1-2H3,(H2,21,22,23);1H. The van der Waals surface area contributed by atoms with Crippen molar-refractivity contribution < 1.29 is 8.42 Å². The second-order valence-corrected chi connectivity index (χ2v) is 8.66. The number of halogens is 1. The Morgan fingerprint density at radius 3 is 2.53 bits per heavy atom. The Balaban J connectivity index is 0.00000320. The molecule has 0 amide bonds. The van der Waals surface area contributed by atoms with Crippen LogP contribution in [0.4, 0.5) is 0 Å². The number of nitrogens with zero attached hydrogens (tertiary/aromatic N) is 4. The van der Waals surface area contributed by atoms with Crippen LogP contribution in [0.5, 0.6) is 0 Å². The molecule has 2 aromatic heterocycles. The molecule has 2 N–H and O–H groups in total. The van der Waals surface area contributed by atoms with Crippen LogP contribution >= 0.6 is 24.0 Å². The van der Waals surface area contributed by atoms with Gasteiger partial charge in [-0.15, -0.1) is 34.2 Å². The monoisotopic (exact) mass is 542 g/mol. The number of guanidine groups is 1. The second kappa shape index (κ2) is 11.3. The predicted octanol–water partition coefficient (Wildman–Crippen LogP) is 2.09. The first kappa shape index (κ1) is 24.1. The summed E-state index contributed by atoms with van der Waals surface area (Å²) < 4.78 is 25.0. The van der Waals surface area contributed by atoms with Crippen molar-refractivity contribution in [3.8, 4) is 0 Å². The number of benzene rings is 1. The molecule has 3 aromatic rings. The Morgan fingerprint density at radius 2 is 1.83 bits per heavy atom. The summed E-state index contributed by atoms with van der Waals surface area (Å²) in [6.45, 7) is 4.07. The second-order valence-electron chi connectivity index (χ2n) is 6.65. The van der Waals surface area contributed by atoms with Gasteiger partial charge in [-0.25, -0.2) is 8.42 Å². The van der Waals surface area contributed by atoms with Gasteiger partial charge in [-0.2, -0.15) is 0 Å². The first-order valence-electron chi connectivity index (χ1n) is 9.57. The van der Waals surface area contributed by atoms with E-state index in [0.717, 1.165) is 36.0 Å². The maximum atomic E-state index is 11.5. The number of hydrogen-bond donors (Lipinski definition) is 2. The van der Waals surface area contributed by atoms with Crippen LogP contribution in [-0.4, -0.2) is 54.9 Å². The molecule has 162 valence electrons. The fourth-order valence-electron chi connectivity index (χ4n) is 2.90. The zero-order valence-electron chi connectivity index (χ0n) is 17.1. The molecular weight excluding hydrogens is 515 g/mol. The summed E-state index contributed by atoms with van der Waals surface area (Å²) in [5.74, 6) is 1.63. The SMILES string of the molecule is CCNC(=NCCc1nnc2ccccn12)NCCc1ccc(S(C)(=O)=O)cc1.I. The molecular formula is C20H27IN6O2S. The van der Waals surface area contributed by atoms with Crippen molar-refractivity contribution in [3.63, 3.8) is 0 Å². The maximum Gasteiger partial charge on any atom is 0.191 e. The number of rotatable bonds is 8. The largest absolute Gasteiger partial charge is 0.357 e. The highest BCUT2D eigenvalue weighted by Gasteiger charge is 2.07. The molecule has 30 heavy (non-hydrogen) atoms. The summed E-state index contributed by atoms with van der Waals surface area (Å²) in [7, 11) is -3.16. The van der Waals surface area contributed by atoms with Gasteiger partial charge in [0.15, 0.2) is 21.4 Å². The van der Waals surface area contributed by atoms with Crippen molar-refractivity contribution in [2.75, 3.05) is 25.9 Å². The number of aromatic nitrogens is 3. The van der Waals surface area contributed by atoms with Crippen LogP contribution in [0.3, 0.4) is 0 Å². The van der Waals surface area contributed by atoms with Gasteiger partial charge in [0, 0.05) is 38.5 Å². The van der Waals surface area contributed by atoms with Crippen LogP contribution < -0.4 is 10.6 Å². The van der Waals surface area contributed by atoms with E-state index in [0.29, 0.717) is 24.4 Å². The van der Waals surface area contributed by atoms with Crippen LogP contribution in [0.15, 0.2) is 58.5 Å². The van der Waals surface area contributed by atoms with Crippen molar-refractivity contribution in [1.29, 1.82) is 0 Å². The van der Waals surface area contributed by atoms with E-state index in [2.05, 4.69) is 25.8 Å². The van der Waals surface area contributed by atoms with E-state index >= 15 is 0 Å². The van der Waals surface area contributed by atoms with E-state index in [1.54, 1.807) is 12.1 Å². The lowest BCUT2D eigenvalue weighted by Crippen LogP contribution is -2.38. The molecule has 0 aliphatic carbocycles. The topological polar surface area (TPSA) is 101 Å². The molecule has 0 unspecified atom stereocenters. The minimum atomic E-state index is -3.16. The Bertz CT molecular complexity index is 1080. The molecule has 0 saturated heterocycles. The fourth-order valence-corrected chi connectivity index (χ4v) is 3.53. The highest BCUT2D eigenvalue weighted by Crippen LogP contribution is 2.10. The molecule has 10 heteroatoms. The van der Waals surface area contributed by atoms with Crippen LogP contribution in [0.1, 0.15) is 18.3 Å². The first-order chi connectivity index (χ1) is 14.0. The Labute approximate surface area is 194 Å². The summed E-state index contributed by atoms with van der Waals surface area (Å²) in [5.41, 5.74) is 1.90. The predicted molar refractivity (Wildman–Crippen MR) is 129 cm³/mol. The van der Waals surface area contributed by atoms with Crippen molar-refractivity contribution in [3.05, 3.63) is 60.0 Å². The molecule has 0 saturated carbocycles. The summed E-state index contributed by atoms with van der Waals surface area (Å²) in [6.07, 6.45) is 4.62. The van der Waals surface area contributed by atoms with Crippen LogP contribution in [0.2, 0.25) is 0 Å². The lowest BCUT2D eigenvalue weighted by molar-refractivity contribution is 0.602. The zero-order chi connectivity index (χ0) is 20.7. The minimum absolute atomic E-state index is 0. The molecule has 0 aliphatic heterocycles. The smallest absolute Gasteiger partial charge is 0.191 e. The molecule has 0 bridgehead atoms. The van der Waals surface area contributed by atoms with Gasteiger partial charge in [0.2, 0.25) is 0 Å². The van der Waals surface area contributed by atoms with E-state index in [1.807, 2.05) is 47.9 Å². The minimum Gasteiger partial charge on any atom is -0.357 e. The lowest BCUT2D eigenvalue weighted by atomic mass is 10.1. The summed E-state index contributed by atoms with van der Waals surface area (Å²) in [6, 6.07) is 12.8. The van der Waals surface area contributed by atoms with Gasteiger partial charge in [-0.05, 0) is 43.2 Å². The molecule has 0 radical (unpaired) electrons. The van der Waals surface area contributed by atoms with E-state index in [-0.39, 0.29) is 24.0 Å². The third kappa shape index (κ3) is 6.66. The van der Waals surface area contributed by atoms with Crippen molar-refractivity contribution in [2.24, 2.45) is 4.99 Å². The summed E-state index contributed by atoms with van der Waals surface area (Å²) in [5, 5.41) is 14.9. The molecule has 8 nitrogen and oxygen atoms in total. The summed E-state index contributed by atoms with van der Waals surface area (Å²) >= 11 is 0. The third-order valence-corrected chi connectivity index (χ3v) is 5.52. The molecule has 3 rings (SSSR count). The Kier molecular flexibility index (Phi) is 9.03. The van der Waals surface area contributed by atoms with Gasteiger partial charge in [0.25, 0.3) is 0 Å². The number of pyridine rings is 1. The molecule has 0 aliphatic rings. The lowest BCUT2D eigenvalue weighted by Gasteiger charge is -2.11. The summed E-state index contributed by atoms with van der Waals surface area (Å²) in [4.78, 5) is 4.94. The highest BCUT2D eigenvalue weighted by molar-refractivity contribution is 14.0. The molecule has 0 atom stereocenters. The van der Waals surface area contributed by atoms with Gasteiger partial charge < -0.3 is 10.6 Å². The number of fused-ring (bicyclic) bond motifs is 1. The Hall–Kier alpha value is -2.21. The number of sulfone groups is 1. The van der Waals surface area contributed by atoms with Gasteiger partial charge in [0.1, 0.15) is 5.82 Å². The van der Waals surface area contributed by atoms with Crippen LogP contribution in [-0.2, 0) is 22.7 Å². The van der Waals surface area contributed by atoms with Gasteiger partial charge in [-0.3, -0.25) is 9.39 Å². The quantitative estimate of drug-likeness (QED) is 0.257. The number of nitrogens with one attached hydrogen (secondary N) is 2. The van der Waals surface area contributed by atoms with Crippen molar-refractivity contribution in [1.82, 2.24) is 25.2 Å². The van der Waals surface area contributed by atoms with Gasteiger partial charge >= 0.3 is 0 Å². The number of hydrogen-bond acceptors (Lipinski definition) is 5. The highest BCUT2D eigenvalue weighted by atomic mass is 127. The van der Waals surface area contributed by atoms with Gasteiger partial charge in [0.05, 0.1) is 4.90 Å². The normalized spacial score (nSPS) is 11.9. The van der Waals surface area contributed by atoms with Crippen molar-refractivity contribution in [2.45, 2.75) is 24.7 Å². The average molecular weight is 542 g/mol. The Morgan fingerprint density at radius 1 is 1.07 bits per heavy atom. The van der Waals surface area contributed by atoms with E-state index in [1.165, 1.54) is 6.26 Å². The van der Waals surface area contributed by atoms with Gasteiger partial charge in [-0.1, -0.05) is 18.2 Å². The van der Waals surface area contributed by atoms with E-state index < -0.39 is 9.84 Å². The van der Waals surface area contributed by atoms with E-state index in [9.17, 15) is 8.42 Å². The van der Waals surface area contributed by atoms with Crippen molar-refractivity contribution >= 4 is 45.4 Å². The van der Waals surface area contributed by atoms with Crippen LogP contribution in [0.25, 0.3) is 5.65 Å². The molecule has 0 spiro atoms. The third-order valence-electron chi connectivity index (χ3n) is 4.39. The van der Waals surface area contributed by atoms with E-state index in [4.69, 9.17) is 0 Å². The maximum absolute atomic E-state index is 11.5. The molecule has 0 fully saturated rings. The zero-order valence-corrected chi connectivity index (χ0v) is 20.2. The first-order valence-corrected chi connectivity index (χ1v) is 11.5. The molecule has 2 heterocycles. The number of aliphatic imine (C=N–C) groups is 1. The fraction of sp³-hybridized carbons (Fsp3) is 0.350. The molecule has 1 aromatic carbocycles.